The van der Waals surface area contributed by atoms with Crippen LogP contribution in [0.25, 0.3) is 0 Å². The molecule has 2 saturated carbocycles. The van der Waals surface area contributed by atoms with Crippen LogP contribution >= 0.6 is 0 Å². The van der Waals surface area contributed by atoms with Crippen LogP contribution in [0.15, 0.2) is 53.6 Å². The number of carbonyl (C=O) groups is 5. The third kappa shape index (κ3) is 7.91. The van der Waals surface area contributed by atoms with Gasteiger partial charge in [0.15, 0.2) is 18.3 Å². The summed E-state index contributed by atoms with van der Waals surface area (Å²) < 4.78 is 30.1. The van der Waals surface area contributed by atoms with Crippen LogP contribution < -0.4 is 0 Å². The Morgan fingerprint density at radius 3 is 1.90 bits per heavy atom. The van der Waals surface area contributed by atoms with E-state index >= 15 is 0 Å². The van der Waals surface area contributed by atoms with Gasteiger partial charge in [-0.1, -0.05) is 57.7 Å². The first-order valence-electron chi connectivity index (χ1n) is 17.4. The summed E-state index contributed by atoms with van der Waals surface area (Å²) in [4.78, 5) is 66.3. The molecule has 0 heterocycles. The third-order valence-electron chi connectivity index (χ3n) is 11.2. The zero-order valence-corrected chi connectivity index (χ0v) is 31.4. The Bertz CT molecular complexity index is 1570. The number of aliphatic hydroxyl groups is 1. The molecule has 2 fully saturated rings. The number of benzene rings is 1. The number of rotatable bonds is 9. The molecule has 1 aromatic carbocycles. The average Bonchev–Trinajstić information content (AvgIpc) is 3.01. The highest BCUT2D eigenvalue weighted by atomic mass is 16.6. The second-order valence-electron chi connectivity index (χ2n) is 15.2. The summed E-state index contributed by atoms with van der Waals surface area (Å²) in [7, 11) is 3.50. The second kappa shape index (κ2) is 15.3. The molecule has 7 unspecified atom stereocenters. The molecule has 12 nitrogen and oxygen atoms in total. The van der Waals surface area contributed by atoms with Crippen LogP contribution in [0.4, 0.5) is 0 Å². The van der Waals surface area contributed by atoms with Crippen molar-refractivity contribution < 1.29 is 52.8 Å². The van der Waals surface area contributed by atoms with Gasteiger partial charge in [0.05, 0.1) is 11.5 Å². The van der Waals surface area contributed by atoms with Gasteiger partial charge >= 0.3 is 29.8 Å². The summed E-state index contributed by atoms with van der Waals surface area (Å²) in [5, 5.41) is 11.4. The van der Waals surface area contributed by atoms with Crippen molar-refractivity contribution in [1.82, 2.24) is 4.90 Å². The summed E-state index contributed by atoms with van der Waals surface area (Å²) in [5.41, 5.74) is 0.598. The zero-order valence-electron chi connectivity index (χ0n) is 31.4. The Morgan fingerprint density at radius 2 is 1.37 bits per heavy atom. The lowest BCUT2D eigenvalue weighted by Crippen LogP contribution is -2.64. The molecule has 0 radical (unpaired) electrons. The van der Waals surface area contributed by atoms with Crippen molar-refractivity contribution >= 4 is 29.8 Å². The zero-order chi connectivity index (χ0) is 38.2. The Labute approximate surface area is 300 Å². The number of aliphatic hydroxyl groups excluding tert-OH is 1. The van der Waals surface area contributed by atoms with Crippen molar-refractivity contribution in [2.75, 3.05) is 14.1 Å². The normalized spacial score (nSPS) is 31.2. The molecule has 0 saturated heterocycles. The van der Waals surface area contributed by atoms with Gasteiger partial charge in [-0.15, -0.1) is 0 Å². The molecule has 0 aromatic heterocycles. The predicted octanol–water partition coefficient (Wildman–Crippen LogP) is 4.64. The van der Waals surface area contributed by atoms with E-state index < -0.39 is 89.3 Å². The summed E-state index contributed by atoms with van der Waals surface area (Å²) in [6.45, 7) is 17.2. The van der Waals surface area contributed by atoms with Crippen molar-refractivity contribution in [3.8, 4) is 0 Å². The van der Waals surface area contributed by atoms with E-state index in [4.69, 9.17) is 23.7 Å². The van der Waals surface area contributed by atoms with Crippen LogP contribution in [0.2, 0.25) is 0 Å². The minimum Gasteiger partial charge on any atom is -0.462 e. The Morgan fingerprint density at radius 1 is 0.804 bits per heavy atom. The molecule has 280 valence electrons. The van der Waals surface area contributed by atoms with Crippen LogP contribution in [0.1, 0.15) is 86.3 Å². The Kier molecular flexibility index (Phi) is 11.9. The monoisotopic (exact) mass is 711 g/mol. The largest absolute Gasteiger partial charge is 0.462 e. The minimum atomic E-state index is -1.58. The van der Waals surface area contributed by atoms with E-state index in [0.717, 1.165) is 0 Å². The highest BCUT2D eigenvalue weighted by Crippen LogP contribution is 2.61. The Hall–Kier alpha value is -4.03. The standard InChI is InChI=1S/C39H53NO11/c1-20-28-17-27-18-29(47-22(3)41)21(2)32(38(27,7)8)35(49-24(5)43)36(50-25(6)44)39(28,9)31(48-23(4)42)19-30(20)51-37(46)34(45)33(40(10)11)26-15-13-12-14-16-26/h12-16,27-31,33-36,45H,1,17-19H2,2-11H3/t27-,28-,29?,30?,31?,33?,34?,35?,36?,39+/m1/s1. The average molecular weight is 712 g/mol. The van der Waals surface area contributed by atoms with Gasteiger partial charge in [-0.25, -0.2) is 4.79 Å². The molecule has 51 heavy (non-hydrogen) atoms. The molecule has 1 N–H and O–H groups in total. The fourth-order valence-corrected chi connectivity index (χ4v) is 8.87. The van der Waals surface area contributed by atoms with Crippen molar-refractivity contribution in [1.29, 1.82) is 0 Å². The first-order chi connectivity index (χ1) is 23.7. The molecule has 12 heteroatoms. The van der Waals surface area contributed by atoms with E-state index in [-0.39, 0.29) is 12.3 Å². The van der Waals surface area contributed by atoms with Crippen molar-refractivity contribution in [2.24, 2.45) is 22.7 Å². The second-order valence-corrected chi connectivity index (χ2v) is 15.2. The lowest BCUT2D eigenvalue weighted by atomic mass is 9.49. The van der Waals surface area contributed by atoms with Crippen LogP contribution in [0, 0.1) is 22.7 Å². The summed E-state index contributed by atoms with van der Waals surface area (Å²) in [6, 6.07) is 8.37. The van der Waals surface area contributed by atoms with Gasteiger partial charge in [0.2, 0.25) is 0 Å². The maximum atomic E-state index is 13.8. The molecular weight excluding hydrogens is 658 g/mol. The van der Waals surface area contributed by atoms with E-state index in [1.807, 2.05) is 58.0 Å². The van der Waals surface area contributed by atoms with Crippen LogP contribution in [0.3, 0.4) is 0 Å². The molecule has 0 amide bonds. The van der Waals surface area contributed by atoms with E-state index in [0.29, 0.717) is 35.1 Å². The smallest absolute Gasteiger partial charge is 0.337 e. The van der Waals surface area contributed by atoms with Gasteiger partial charge in [-0.05, 0) is 73.4 Å². The van der Waals surface area contributed by atoms with Crippen LogP contribution in [-0.4, -0.2) is 90.6 Å². The quantitative estimate of drug-likeness (QED) is 0.216. The summed E-state index contributed by atoms with van der Waals surface area (Å²) >= 11 is 0. The topological polar surface area (TPSA) is 155 Å². The lowest BCUT2D eigenvalue weighted by Gasteiger charge is -2.59. The fraction of sp³-hybridized carbons (Fsp3) is 0.615. The van der Waals surface area contributed by atoms with Crippen molar-refractivity contribution in [3.63, 3.8) is 0 Å². The first kappa shape index (κ1) is 39.8. The molecular formula is C39H53NO11. The highest BCUT2D eigenvalue weighted by Gasteiger charge is 2.64. The Balaban J connectivity index is 1.88. The van der Waals surface area contributed by atoms with Crippen molar-refractivity contribution in [3.05, 3.63) is 59.2 Å². The number of nitrogens with zero attached hydrogens (tertiary/aromatic N) is 1. The van der Waals surface area contributed by atoms with E-state index in [1.54, 1.807) is 19.0 Å². The van der Waals surface area contributed by atoms with Gasteiger partial charge in [0.1, 0.15) is 18.3 Å². The minimum absolute atomic E-state index is 0.0610. The van der Waals surface area contributed by atoms with Gasteiger partial charge in [0, 0.05) is 34.1 Å². The van der Waals surface area contributed by atoms with E-state index in [9.17, 15) is 29.1 Å². The molecule has 0 aliphatic heterocycles. The van der Waals surface area contributed by atoms with Gasteiger partial charge in [-0.3, -0.25) is 24.1 Å². The van der Waals surface area contributed by atoms with Gasteiger partial charge in [0.25, 0.3) is 0 Å². The van der Waals surface area contributed by atoms with Gasteiger partial charge in [-0.2, -0.15) is 0 Å². The van der Waals surface area contributed by atoms with E-state index in [2.05, 4.69) is 6.58 Å². The number of carbonyl (C=O) groups excluding carboxylic acids is 5. The molecule has 3 aliphatic carbocycles. The van der Waals surface area contributed by atoms with E-state index in [1.165, 1.54) is 27.7 Å². The third-order valence-corrected chi connectivity index (χ3v) is 11.2. The number of ether oxygens (including phenoxy) is 5. The summed E-state index contributed by atoms with van der Waals surface area (Å²) in [5.74, 6) is -4.13. The number of hydrogen-bond acceptors (Lipinski definition) is 12. The maximum absolute atomic E-state index is 13.8. The van der Waals surface area contributed by atoms with Crippen molar-refractivity contribution in [2.45, 2.75) is 117 Å². The number of esters is 5. The molecule has 0 spiro atoms. The number of likely N-dealkylation sites (N-methyl/N-ethyl adjacent to an activating group) is 1. The number of hydrogen-bond donors (Lipinski definition) is 1. The molecule has 10 atom stereocenters. The SMILES string of the molecule is C=C1C(OC(=O)C(O)C(c2ccccc2)N(C)C)CC(OC(C)=O)[C@@]2(C)C(OC(C)=O)C(OC(C)=O)C3=C(C)C(OC(C)=O)C[C@@H](C[C@H]12)C3(C)C. The number of fused-ring (bicyclic) bond motifs is 3. The molecule has 1 aromatic rings. The highest BCUT2D eigenvalue weighted by molar-refractivity contribution is 5.76. The maximum Gasteiger partial charge on any atom is 0.337 e. The van der Waals surface area contributed by atoms with Crippen LogP contribution in [-0.2, 0) is 47.7 Å². The van der Waals surface area contributed by atoms with Crippen LogP contribution in [0.5, 0.6) is 0 Å². The predicted molar refractivity (Wildman–Crippen MR) is 186 cm³/mol. The van der Waals surface area contributed by atoms with Gasteiger partial charge < -0.3 is 28.8 Å². The molecule has 2 bridgehead atoms. The fourth-order valence-electron chi connectivity index (χ4n) is 8.87. The molecule has 4 rings (SSSR count). The first-order valence-corrected chi connectivity index (χ1v) is 17.4. The lowest BCUT2D eigenvalue weighted by molar-refractivity contribution is -0.213. The molecule has 3 aliphatic rings. The summed E-state index contributed by atoms with van der Waals surface area (Å²) in [6.07, 6.45) is -5.88.